The van der Waals surface area contributed by atoms with Crippen LogP contribution in [0.5, 0.6) is 0 Å². The molecule has 0 radical (unpaired) electrons. The van der Waals surface area contributed by atoms with Crippen molar-refractivity contribution in [1.29, 1.82) is 0 Å². The molecule has 5 aromatic rings. The zero-order valence-electron chi connectivity index (χ0n) is 79.8. The second-order valence-electron chi connectivity index (χ2n) is 41.7. The molecule has 0 saturated heterocycles. The van der Waals surface area contributed by atoms with E-state index < -0.39 is 58.2 Å². The molecule has 0 spiro atoms. The van der Waals surface area contributed by atoms with Crippen molar-refractivity contribution in [1.82, 2.24) is 0 Å². The van der Waals surface area contributed by atoms with Crippen LogP contribution in [0.15, 0.2) is 121 Å². The molecule has 0 aliphatic heterocycles. The number of rotatable bonds is 28. The van der Waals surface area contributed by atoms with Gasteiger partial charge in [0.15, 0.2) is 13.2 Å². The van der Waals surface area contributed by atoms with Gasteiger partial charge >= 0.3 is 47.8 Å². The first-order valence-corrected chi connectivity index (χ1v) is 47.6. The minimum Gasteiger partial charge on any atom is -0.457 e. The van der Waals surface area contributed by atoms with Gasteiger partial charge in [0.25, 0.3) is 0 Å². The molecule has 5 unspecified atom stereocenters. The highest BCUT2D eigenvalue weighted by Crippen LogP contribution is 2.65. The number of hydrogen-bond acceptors (Lipinski definition) is 16. The van der Waals surface area contributed by atoms with Gasteiger partial charge in [-0.15, -0.1) is 0 Å². The van der Waals surface area contributed by atoms with E-state index in [1.807, 2.05) is 88.4 Å². The Kier molecular flexibility index (Phi) is 35.0. The summed E-state index contributed by atoms with van der Waals surface area (Å²) in [6, 6.07) is 38.2. The summed E-state index contributed by atoms with van der Waals surface area (Å²) in [6.45, 7) is 43.7. The van der Waals surface area contributed by atoms with Crippen LogP contribution in [0.2, 0.25) is 0 Å². The van der Waals surface area contributed by atoms with E-state index >= 15 is 0 Å². The van der Waals surface area contributed by atoms with Gasteiger partial charge in [0.2, 0.25) is 5.60 Å². The van der Waals surface area contributed by atoms with Crippen molar-refractivity contribution in [2.45, 2.75) is 376 Å². The van der Waals surface area contributed by atoms with Gasteiger partial charge in [-0.25, -0.2) is 38.4 Å². The highest BCUT2D eigenvalue weighted by molar-refractivity contribution is 5.94. The first-order valence-electron chi connectivity index (χ1n) is 47.6. The average molecular weight is 1710 g/mol. The number of carbonyl (C=O) groups is 8. The Hall–Kier alpha value is -8.14. The van der Waals surface area contributed by atoms with E-state index in [4.69, 9.17) is 37.9 Å². The minimum atomic E-state index is -1.33. The Labute approximate surface area is 744 Å². The van der Waals surface area contributed by atoms with Gasteiger partial charge in [-0.2, -0.15) is 0 Å². The van der Waals surface area contributed by atoms with E-state index in [-0.39, 0.29) is 41.8 Å². The van der Waals surface area contributed by atoms with Gasteiger partial charge in [-0.05, 0) is 383 Å². The number of ether oxygens (including phenoxy) is 8. The predicted octanol–water partition coefficient (Wildman–Crippen LogP) is 26.5. The zero-order chi connectivity index (χ0) is 90.9. The second kappa shape index (κ2) is 43.6. The molecule has 124 heavy (non-hydrogen) atoms. The Morgan fingerprint density at radius 1 is 0.339 bits per heavy atom. The average Bonchev–Trinajstić information content (AvgIpc) is 1.16. The van der Waals surface area contributed by atoms with Crippen LogP contribution in [0.4, 0.5) is 0 Å². The first kappa shape index (κ1) is 99.6. The SMILES string of the molecule is CCC(C)c1ccc(C(=O)OC(C)(C)C(=O)OC(C)(C)C)cc1.CCC(C)c1ccc(C(=O)OC(C)(C)C23CC4CC(CC(C4)C2)C3)cc1.CCC(C)c1ccc(C(=O)OC2(C)C3CC4CC(C3)CC2C4)cc1.CCC(C)c1ccc(C(=O)OCC(=O)OC(C)(C)C2CCCC2)cc1.CCC(C)c1ccc(C(=O)OCC(=O)OC(C)(C)C2CCCCC2)cc1. The maximum absolute atomic E-state index is 12.9. The fraction of sp³-hybridized carbons (Fsp3) is 0.648. The van der Waals surface area contributed by atoms with E-state index in [9.17, 15) is 38.4 Å². The van der Waals surface area contributed by atoms with Crippen molar-refractivity contribution in [3.63, 3.8) is 0 Å². The Morgan fingerprint density at radius 3 is 0.911 bits per heavy atom. The molecule has 10 aliphatic rings. The van der Waals surface area contributed by atoms with Crippen molar-refractivity contribution < 1.29 is 76.3 Å². The Balaban J connectivity index is 0.000000176. The maximum Gasteiger partial charge on any atom is 0.350 e. The summed E-state index contributed by atoms with van der Waals surface area (Å²) in [5.74, 6) is 5.44. The molecule has 16 heteroatoms. The van der Waals surface area contributed by atoms with Crippen molar-refractivity contribution in [2.24, 2.45) is 58.7 Å². The van der Waals surface area contributed by atoms with Crippen LogP contribution in [0.25, 0.3) is 0 Å². The highest BCUT2D eigenvalue weighted by Gasteiger charge is 2.60. The van der Waals surface area contributed by atoms with Crippen LogP contribution in [0, 0.1) is 58.7 Å². The van der Waals surface area contributed by atoms with Crippen LogP contribution < -0.4 is 0 Å². The summed E-state index contributed by atoms with van der Waals surface area (Å²) in [5, 5.41) is 0. The molecule has 15 rings (SSSR count). The zero-order valence-corrected chi connectivity index (χ0v) is 79.8. The molecular formula is C108H154O16. The third-order valence-corrected chi connectivity index (χ3v) is 29.9. The molecule has 0 N–H and O–H groups in total. The molecular weight excluding hydrogens is 1550 g/mol. The maximum atomic E-state index is 12.9. The number of esters is 8. The summed E-state index contributed by atoms with van der Waals surface area (Å²) < 4.78 is 44.4. The Morgan fingerprint density at radius 2 is 0.613 bits per heavy atom. The lowest BCUT2D eigenvalue weighted by Crippen LogP contribution is -2.58. The highest BCUT2D eigenvalue weighted by atomic mass is 16.6. The molecule has 682 valence electrons. The molecule has 10 fully saturated rings. The molecule has 16 nitrogen and oxygen atoms in total. The van der Waals surface area contributed by atoms with Gasteiger partial charge < -0.3 is 37.9 Å². The summed E-state index contributed by atoms with van der Waals surface area (Å²) in [4.78, 5) is 98.4. The molecule has 0 heterocycles. The molecule has 10 saturated carbocycles. The van der Waals surface area contributed by atoms with Crippen LogP contribution in [0.1, 0.15) is 422 Å². The number of benzene rings is 5. The van der Waals surface area contributed by atoms with Crippen LogP contribution in [-0.4, -0.2) is 94.6 Å². The number of hydrogen-bond donors (Lipinski definition) is 0. The largest absolute Gasteiger partial charge is 0.457 e. The lowest BCUT2D eigenvalue weighted by Gasteiger charge is -2.61. The van der Waals surface area contributed by atoms with Crippen molar-refractivity contribution in [2.75, 3.05) is 13.2 Å². The molecule has 10 aliphatic carbocycles. The molecule has 5 aromatic carbocycles. The van der Waals surface area contributed by atoms with E-state index in [2.05, 4.69) is 114 Å². The van der Waals surface area contributed by atoms with Gasteiger partial charge in [-0.3, -0.25) is 0 Å². The van der Waals surface area contributed by atoms with Gasteiger partial charge in [0, 0.05) is 5.41 Å². The van der Waals surface area contributed by atoms with Crippen LogP contribution in [-0.2, 0) is 52.3 Å². The lowest BCUT2D eigenvalue weighted by atomic mass is 9.46. The molecule has 0 aromatic heterocycles. The van der Waals surface area contributed by atoms with E-state index in [1.54, 1.807) is 57.2 Å². The van der Waals surface area contributed by atoms with Crippen LogP contribution >= 0.6 is 0 Å². The quantitative estimate of drug-likeness (QED) is 0.0337. The molecule has 5 atom stereocenters. The van der Waals surface area contributed by atoms with Gasteiger partial charge in [-0.1, -0.05) is 162 Å². The van der Waals surface area contributed by atoms with Gasteiger partial charge in [0.05, 0.1) is 27.8 Å². The fourth-order valence-electron chi connectivity index (χ4n) is 21.1. The third-order valence-electron chi connectivity index (χ3n) is 29.9. The molecule has 8 bridgehead atoms. The monoisotopic (exact) mass is 1710 g/mol. The summed E-state index contributed by atoms with van der Waals surface area (Å²) in [6.07, 6.45) is 30.2. The summed E-state index contributed by atoms with van der Waals surface area (Å²) >= 11 is 0. The first-order chi connectivity index (χ1) is 58.4. The minimum absolute atomic E-state index is 0.124. The predicted molar refractivity (Wildman–Crippen MR) is 491 cm³/mol. The van der Waals surface area contributed by atoms with E-state index in [0.29, 0.717) is 81.1 Å². The van der Waals surface area contributed by atoms with Gasteiger partial charge in [0.1, 0.15) is 28.0 Å². The molecule has 0 amide bonds. The van der Waals surface area contributed by atoms with E-state index in [1.165, 1.54) is 144 Å². The normalized spacial score (nSPS) is 23.8. The van der Waals surface area contributed by atoms with Crippen LogP contribution in [0.3, 0.4) is 0 Å². The van der Waals surface area contributed by atoms with Crippen molar-refractivity contribution in [3.8, 4) is 0 Å². The van der Waals surface area contributed by atoms with E-state index in [0.717, 1.165) is 87.4 Å². The second-order valence-corrected chi connectivity index (χ2v) is 41.7. The summed E-state index contributed by atoms with van der Waals surface area (Å²) in [5.41, 5.74) is 5.50. The number of carbonyl (C=O) groups excluding carboxylic acids is 8. The lowest BCUT2D eigenvalue weighted by molar-refractivity contribution is -0.174. The summed E-state index contributed by atoms with van der Waals surface area (Å²) in [7, 11) is 0. The Bertz CT molecular complexity index is 4230. The third kappa shape index (κ3) is 26.7. The van der Waals surface area contributed by atoms with Crippen molar-refractivity contribution >= 4 is 47.8 Å². The smallest absolute Gasteiger partial charge is 0.350 e. The van der Waals surface area contributed by atoms with Crippen molar-refractivity contribution in [3.05, 3.63) is 177 Å². The fourth-order valence-corrected chi connectivity index (χ4v) is 21.1. The topological polar surface area (TPSA) is 210 Å². The standard InChI is InChI=1S/C24H34O2.C22H32O4.C22H30O2.C21H30O4.C19H28O4/c1-5-16(2)20-6-8-21(9-7-20)22(25)26-23(3,4)24-13-17-10-18(14-24)12-19(11-17)15-24;1-5-16(2)17-11-13-18(14-12-17)21(24)25-15-20(23)26-22(3,4)19-9-7-6-8-10-19;1-4-14(2)17-5-7-18(8-6-17)21(23)24-22(3)19-10-15-9-16(12-19)13-20(22)11-15;1-5-15(2)16-10-12-17(13-11-16)20(23)24-14-19(22)25-21(3,4)18-8-6-7-9-18;1-8-13(2)14-9-11-15(12-10-14)16(20)22-19(6,7)17(21)23-18(3,4)5/h6-9,16-19H,5,10-15H2,1-4H3;11-14,16,19H,5-10,15H2,1-4H3;5-8,14-16,19-20H,4,9-13H2,1-3H3;10-13,15,18H,5-9,14H2,1-4H3;9-13H,8H2,1-7H3.